The number of ketones is 1. The number of hydrogen-bond donors (Lipinski definition) is 2. The number of hydrogen-bond acceptors (Lipinski definition) is 6. The fourth-order valence-electron chi connectivity index (χ4n) is 2.54. The first-order chi connectivity index (χ1) is 11.9. The van der Waals surface area contributed by atoms with Crippen molar-refractivity contribution in [2.75, 3.05) is 12.3 Å². The summed E-state index contributed by atoms with van der Waals surface area (Å²) in [6, 6.07) is 5.99. The third kappa shape index (κ3) is 2.95. The van der Waals surface area contributed by atoms with Gasteiger partial charge in [0, 0.05) is 10.6 Å². The van der Waals surface area contributed by atoms with Gasteiger partial charge >= 0.3 is 5.69 Å². The Bertz CT molecular complexity index is 930. The second-order valence-corrected chi connectivity index (χ2v) is 5.80. The Morgan fingerprint density at radius 1 is 1.52 bits per heavy atom. The maximum absolute atomic E-state index is 13.9. The Balaban J connectivity index is 2.19. The van der Waals surface area contributed by atoms with Crippen molar-refractivity contribution < 1.29 is 19.0 Å². The van der Waals surface area contributed by atoms with Crippen LogP contribution >= 0.6 is 11.6 Å². The van der Waals surface area contributed by atoms with Gasteiger partial charge in [0.1, 0.15) is 6.10 Å². The molecule has 1 aromatic heterocycles. The number of nitrogens with zero attached hydrogens (tertiary/aromatic N) is 2. The van der Waals surface area contributed by atoms with Crippen LogP contribution in [0.1, 0.15) is 10.4 Å². The smallest absolute Gasteiger partial charge is 0.352 e. The first-order valence-corrected chi connectivity index (χ1v) is 7.59. The van der Waals surface area contributed by atoms with Gasteiger partial charge in [0.15, 0.2) is 11.6 Å². The van der Waals surface area contributed by atoms with Crippen molar-refractivity contribution in [3.63, 3.8) is 0 Å². The summed E-state index contributed by atoms with van der Waals surface area (Å²) in [5.74, 6) is -2.25. The summed E-state index contributed by atoms with van der Waals surface area (Å²) in [6.07, 6.45) is 2.58. The number of aliphatic hydroxyl groups is 1. The van der Waals surface area contributed by atoms with Gasteiger partial charge in [-0.25, -0.2) is 9.18 Å². The van der Waals surface area contributed by atoms with Gasteiger partial charge in [0.25, 0.3) is 0 Å². The van der Waals surface area contributed by atoms with Crippen LogP contribution in [0.2, 0.25) is 5.02 Å². The molecule has 0 radical (unpaired) electrons. The van der Waals surface area contributed by atoms with Crippen molar-refractivity contribution in [1.82, 2.24) is 9.55 Å². The van der Waals surface area contributed by atoms with Crippen LogP contribution < -0.4 is 11.4 Å². The number of aliphatic hydroxyl groups excluding tert-OH is 1. The minimum absolute atomic E-state index is 0.139. The molecule has 0 aliphatic carbocycles. The van der Waals surface area contributed by atoms with E-state index >= 15 is 0 Å². The number of Topliss-reactive ketones (excluding diaryl/α,β-unsaturated/α-hetero) is 1. The first kappa shape index (κ1) is 17.3. The summed E-state index contributed by atoms with van der Waals surface area (Å²) < 4.78 is 20.2. The summed E-state index contributed by atoms with van der Waals surface area (Å²) >= 11 is 5.91. The molecule has 2 aromatic rings. The maximum Gasteiger partial charge on any atom is 0.352 e. The van der Waals surface area contributed by atoms with E-state index in [1.807, 2.05) is 0 Å². The van der Waals surface area contributed by atoms with Crippen LogP contribution in [0.25, 0.3) is 0 Å². The Morgan fingerprint density at radius 2 is 2.28 bits per heavy atom. The zero-order valence-corrected chi connectivity index (χ0v) is 13.5. The molecule has 0 bridgehead atoms. The lowest BCUT2D eigenvalue weighted by Gasteiger charge is -2.29. The lowest BCUT2D eigenvalue weighted by molar-refractivity contribution is -0.0708. The molecular weight excluding hydrogens is 353 g/mol. The summed E-state index contributed by atoms with van der Waals surface area (Å²) in [5.41, 5.74) is 2.45. The highest BCUT2D eigenvalue weighted by Gasteiger charge is 2.46. The van der Waals surface area contributed by atoms with E-state index in [0.717, 1.165) is 6.20 Å². The Morgan fingerprint density at radius 3 is 2.92 bits per heavy atom. The molecule has 2 atom stereocenters. The lowest BCUT2D eigenvalue weighted by Crippen LogP contribution is -2.48. The van der Waals surface area contributed by atoms with Crippen LogP contribution in [0.4, 0.5) is 10.2 Å². The molecule has 3 N–H and O–H groups in total. The minimum Gasteiger partial charge on any atom is -0.393 e. The molecule has 0 spiro atoms. The maximum atomic E-state index is 13.9. The normalized spacial score (nSPS) is 22.3. The molecule has 2 heterocycles. The molecule has 0 fully saturated rings. The molecule has 0 amide bonds. The largest absolute Gasteiger partial charge is 0.393 e. The number of nitrogen functional groups attached to an aromatic ring is 1. The number of halogens is 2. The molecule has 1 aliphatic rings. The van der Waals surface area contributed by atoms with E-state index in [1.54, 1.807) is 12.1 Å². The van der Waals surface area contributed by atoms with E-state index in [-0.39, 0.29) is 5.56 Å². The highest BCUT2D eigenvalue weighted by atomic mass is 35.5. The van der Waals surface area contributed by atoms with Crippen LogP contribution in [-0.2, 0) is 10.5 Å². The van der Waals surface area contributed by atoms with Crippen molar-refractivity contribution in [3.05, 3.63) is 69.5 Å². The van der Waals surface area contributed by atoms with Crippen LogP contribution in [0, 0.1) is 5.82 Å². The van der Waals surface area contributed by atoms with Crippen LogP contribution in [-0.4, -0.2) is 33.2 Å². The summed E-state index contributed by atoms with van der Waals surface area (Å²) in [4.78, 5) is 28.7. The van der Waals surface area contributed by atoms with Gasteiger partial charge in [-0.05, 0) is 18.2 Å². The van der Waals surface area contributed by atoms with Crippen LogP contribution in [0.3, 0.4) is 0 Å². The van der Waals surface area contributed by atoms with Crippen molar-refractivity contribution in [2.24, 2.45) is 0 Å². The highest BCUT2D eigenvalue weighted by molar-refractivity contribution is 6.31. The Kier molecular flexibility index (Phi) is 4.42. The van der Waals surface area contributed by atoms with Crippen molar-refractivity contribution in [3.8, 4) is 0 Å². The lowest BCUT2D eigenvalue weighted by atomic mass is 10.0. The first-order valence-electron chi connectivity index (χ1n) is 7.21. The zero-order chi connectivity index (χ0) is 18.2. The van der Waals surface area contributed by atoms with Gasteiger partial charge in [-0.15, -0.1) is 0 Å². The number of rotatable bonds is 4. The van der Waals surface area contributed by atoms with E-state index in [1.165, 1.54) is 24.3 Å². The average Bonchev–Trinajstić information content (AvgIpc) is 3.03. The predicted molar refractivity (Wildman–Crippen MR) is 87.7 cm³/mol. The van der Waals surface area contributed by atoms with E-state index in [4.69, 9.17) is 22.1 Å². The van der Waals surface area contributed by atoms with Gasteiger partial charge in [0.2, 0.25) is 11.5 Å². The number of aromatic nitrogens is 2. The van der Waals surface area contributed by atoms with Crippen molar-refractivity contribution in [1.29, 1.82) is 0 Å². The van der Waals surface area contributed by atoms with E-state index < -0.39 is 41.5 Å². The molecule has 3 rings (SSSR count). The SMILES string of the molecule is Nc1nc(=O)n([C@@]2(C(=O)c3cccc(Cl)c3)C=C[C@@H](CO)O2)cc1F. The fourth-order valence-corrected chi connectivity index (χ4v) is 2.73. The van der Waals surface area contributed by atoms with Crippen LogP contribution in [0.15, 0.2) is 47.4 Å². The standard InChI is InChI=1S/C16H13ClFN3O4/c17-10-3-1-2-9(6-10)13(23)16(5-4-11(8-22)25-16)21-7-12(18)14(19)20-15(21)24/h1-7,11,22H,8H2,(H2,19,20,24)/t11-,16-/m0/s1. The molecule has 0 unspecified atom stereocenters. The average molecular weight is 366 g/mol. The summed E-state index contributed by atoms with van der Waals surface area (Å²) in [5, 5.41) is 9.61. The van der Waals surface area contributed by atoms with Gasteiger partial charge < -0.3 is 15.6 Å². The molecule has 0 saturated carbocycles. The number of nitrogens with two attached hydrogens (primary N) is 1. The third-order valence-corrected chi connectivity index (χ3v) is 3.96. The fraction of sp³-hybridized carbons (Fsp3) is 0.188. The molecule has 25 heavy (non-hydrogen) atoms. The summed E-state index contributed by atoms with van der Waals surface area (Å²) in [6.45, 7) is -0.430. The molecule has 7 nitrogen and oxygen atoms in total. The van der Waals surface area contributed by atoms with E-state index in [0.29, 0.717) is 9.59 Å². The quantitative estimate of drug-likeness (QED) is 0.620. The van der Waals surface area contributed by atoms with Gasteiger partial charge in [-0.1, -0.05) is 29.8 Å². The van der Waals surface area contributed by atoms with Crippen molar-refractivity contribution >= 4 is 23.2 Å². The minimum atomic E-state index is -2.00. The summed E-state index contributed by atoms with van der Waals surface area (Å²) in [7, 11) is 0. The molecular formula is C16H13ClFN3O4. The molecule has 1 aliphatic heterocycles. The van der Waals surface area contributed by atoms with Gasteiger partial charge in [-0.3, -0.25) is 9.36 Å². The van der Waals surface area contributed by atoms with Gasteiger partial charge in [0.05, 0.1) is 12.8 Å². The number of carbonyl (C=O) groups is 1. The number of carbonyl (C=O) groups excluding carboxylic acids is 1. The Labute approximate surface area is 146 Å². The second kappa shape index (κ2) is 6.40. The third-order valence-electron chi connectivity index (χ3n) is 3.73. The number of anilines is 1. The second-order valence-electron chi connectivity index (χ2n) is 5.36. The molecule has 0 saturated heterocycles. The van der Waals surface area contributed by atoms with Crippen LogP contribution in [0.5, 0.6) is 0 Å². The molecule has 9 heteroatoms. The molecule has 1 aromatic carbocycles. The van der Waals surface area contributed by atoms with Gasteiger partial charge in [-0.2, -0.15) is 4.98 Å². The van der Waals surface area contributed by atoms with Crippen molar-refractivity contribution in [2.45, 2.75) is 11.8 Å². The number of ether oxygens (including phenoxy) is 1. The van der Waals surface area contributed by atoms with E-state index in [2.05, 4.69) is 4.98 Å². The Hall–Kier alpha value is -2.55. The molecule has 130 valence electrons. The highest BCUT2D eigenvalue weighted by Crippen LogP contribution is 2.32. The monoisotopic (exact) mass is 365 g/mol. The topological polar surface area (TPSA) is 107 Å². The zero-order valence-electron chi connectivity index (χ0n) is 12.7. The number of benzene rings is 1. The predicted octanol–water partition coefficient (Wildman–Crippen LogP) is 1.10. The van der Waals surface area contributed by atoms with E-state index in [9.17, 15) is 19.1 Å².